The Labute approximate surface area is 233 Å². The van der Waals surface area contributed by atoms with Gasteiger partial charge in [-0.15, -0.1) is 4.57 Å². The SMILES string of the molecule is CC1(C)N(Cc2ccccc2)c2cc3c(cc2N1c1ccccc1)nc1cc(Cl)ccc1[n+]3-c1ccccc1. The summed E-state index contributed by atoms with van der Waals surface area (Å²) in [6.07, 6.45) is 0. The molecule has 0 saturated heterocycles. The molecular weight excluding hydrogens is 500 g/mol. The smallest absolute Gasteiger partial charge is 0.239 e. The molecule has 5 heteroatoms. The Bertz CT molecular complexity index is 1820. The van der Waals surface area contributed by atoms with Gasteiger partial charge in [-0.25, -0.2) is 4.98 Å². The number of anilines is 3. The molecule has 0 saturated carbocycles. The summed E-state index contributed by atoms with van der Waals surface area (Å²) < 4.78 is 2.30. The zero-order chi connectivity index (χ0) is 26.6. The largest absolute Gasteiger partial charge is 0.342 e. The van der Waals surface area contributed by atoms with Gasteiger partial charge in [0.15, 0.2) is 0 Å². The molecule has 2 heterocycles. The molecule has 0 N–H and O–H groups in total. The molecule has 7 rings (SSSR count). The Morgan fingerprint density at radius 3 is 2.05 bits per heavy atom. The molecule has 0 fully saturated rings. The van der Waals surface area contributed by atoms with E-state index in [1.807, 2.05) is 18.2 Å². The van der Waals surface area contributed by atoms with E-state index in [4.69, 9.17) is 16.6 Å². The molecule has 1 aromatic heterocycles. The van der Waals surface area contributed by atoms with Crippen LogP contribution >= 0.6 is 11.6 Å². The van der Waals surface area contributed by atoms with E-state index >= 15 is 0 Å². The van der Waals surface area contributed by atoms with E-state index in [9.17, 15) is 0 Å². The van der Waals surface area contributed by atoms with Gasteiger partial charge in [0.25, 0.3) is 0 Å². The minimum absolute atomic E-state index is 0.322. The van der Waals surface area contributed by atoms with Crippen molar-refractivity contribution in [2.24, 2.45) is 0 Å². The molecule has 0 radical (unpaired) electrons. The van der Waals surface area contributed by atoms with Gasteiger partial charge in [-0.05, 0) is 49.7 Å². The standard InChI is InChI=1S/C34H28ClN4/c1-34(2)37(23-24-12-6-3-7-13-24)32-22-31-29(21-33(32)39(34)27-16-10-5-11-17-27)36-28-20-25(35)18-19-30(28)38(31)26-14-8-4-9-15-26/h3-22H,23H2,1-2H3/q+1. The van der Waals surface area contributed by atoms with Crippen molar-refractivity contribution in [3.05, 3.63) is 132 Å². The molecule has 0 unspecified atom stereocenters. The first kappa shape index (κ1) is 23.7. The van der Waals surface area contributed by atoms with Crippen molar-refractivity contribution in [3.8, 4) is 5.69 Å². The number of para-hydroxylation sites is 2. The van der Waals surface area contributed by atoms with Gasteiger partial charge in [-0.2, -0.15) is 0 Å². The normalized spacial score (nSPS) is 14.2. The molecule has 0 atom stereocenters. The van der Waals surface area contributed by atoms with Crippen molar-refractivity contribution in [1.29, 1.82) is 0 Å². The number of aromatic nitrogens is 2. The van der Waals surface area contributed by atoms with Crippen LogP contribution < -0.4 is 14.4 Å². The molecular formula is C34H28ClN4+. The van der Waals surface area contributed by atoms with Gasteiger partial charge in [0.1, 0.15) is 16.7 Å². The fraction of sp³-hybridized carbons (Fsp3) is 0.118. The van der Waals surface area contributed by atoms with Crippen LogP contribution in [-0.4, -0.2) is 10.6 Å². The third kappa shape index (κ3) is 3.91. The average Bonchev–Trinajstić information content (AvgIpc) is 3.16. The first-order chi connectivity index (χ1) is 19.0. The highest BCUT2D eigenvalue weighted by Crippen LogP contribution is 2.51. The van der Waals surface area contributed by atoms with Crippen molar-refractivity contribution in [3.63, 3.8) is 0 Å². The Kier molecular flexibility index (Phi) is 5.53. The Morgan fingerprint density at radius 2 is 1.33 bits per heavy atom. The average molecular weight is 528 g/mol. The van der Waals surface area contributed by atoms with E-state index in [0.29, 0.717) is 5.02 Å². The van der Waals surface area contributed by atoms with Crippen molar-refractivity contribution >= 4 is 50.7 Å². The Balaban J connectivity index is 1.55. The summed E-state index contributed by atoms with van der Waals surface area (Å²) in [7, 11) is 0. The van der Waals surface area contributed by atoms with Crippen LogP contribution in [0.4, 0.5) is 17.1 Å². The van der Waals surface area contributed by atoms with E-state index in [-0.39, 0.29) is 5.66 Å². The lowest BCUT2D eigenvalue weighted by molar-refractivity contribution is -0.538. The number of rotatable bonds is 4. The molecule has 0 aliphatic carbocycles. The molecule has 0 spiro atoms. The van der Waals surface area contributed by atoms with E-state index < -0.39 is 0 Å². The summed E-state index contributed by atoms with van der Waals surface area (Å²) in [6, 6.07) is 42.3. The number of hydrogen-bond donors (Lipinski definition) is 0. The Hall–Kier alpha value is -4.41. The van der Waals surface area contributed by atoms with Crippen LogP contribution in [0.5, 0.6) is 0 Å². The van der Waals surface area contributed by atoms with E-state index in [1.165, 1.54) is 11.3 Å². The molecule has 6 aromatic rings. The monoisotopic (exact) mass is 527 g/mol. The summed E-state index contributed by atoms with van der Waals surface area (Å²) in [5, 5.41) is 0.677. The van der Waals surface area contributed by atoms with E-state index in [1.54, 1.807) is 0 Å². The predicted octanol–water partition coefficient (Wildman–Crippen LogP) is 8.21. The van der Waals surface area contributed by atoms with Crippen LogP contribution in [0.2, 0.25) is 5.02 Å². The van der Waals surface area contributed by atoms with Crippen LogP contribution in [0, 0.1) is 0 Å². The number of nitrogens with zero attached hydrogens (tertiary/aromatic N) is 4. The van der Waals surface area contributed by atoms with Gasteiger partial charge in [-0.1, -0.05) is 78.3 Å². The lowest BCUT2D eigenvalue weighted by atomic mass is 10.1. The summed E-state index contributed by atoms with van der Waals surface area (Å²) >= 11 is 6.43. The fourth-order valence-electron chi connectivity index (χ4n) is 5.90. The highest BCUT2D eigenvalue weighted by atomic mass is 35.5. The van der Waals surface area contributed by atoms with Crippen LogP contribution in [0.1, 0.15) is 19.4 Å². The summed E-state index contributed by atoms with van der Waals surface area (Å²) in [5.74, 6) is 0. The molecule has 1 aliphatic heterocycles. The molecule has 190 valence electrons. The maximum atomic E-state index is 6.43. The van der Waals surface area contributed by atoms with Gasteiger partial charge in [0.05, 0.1) is 11.4 Å². The van der Waals surface area contributed by atoms with E-state index in [2.05, 4.69) is 131 Å². The van der Waals surface area contributed by atoms with Crippen LogP contribution in [0.25, 0.3) is 27.8 Å². The zero-order valence-corrected chi connectivity index (χ0v) is 22.7. The molecule has 5 aromatic carbocycles. The Morgan fingerprint density at radius 1 is 0.692 bits per heavy atom. The van der Waals surface area contributed by atoms with Crippen molar-refractivity contribution in [2.45, 2.75) is 26.1 Å². The van der Waals surface area contributed by atoms with Gasteiger partial charge in [0, 0.05) is 41.5 Å². The molecule has 1 aliphatic rings. The maximum Gasteiger partial charge on any atom is 0.239 e. The maximum absolute atomic E-state index is 6.43. The third-order valence-electron chi connectivity index (χ3n) is 7.68. The van der Waals surface area contributed by atoms with Gasteiger partial charge in [0.2, 0.25) is 16.7 Å². The minimum Gasteiger partial charge on any atom is -0.342 e. The van der Waals surface area contributed by atoms with E-state index in [0.717, 1.165) is 45.7 Å². The molecule has 39 heavy (non-hydrogen) atoms. The number of fused-ring (bicyclic) bond motifs is 3. The highest BCUT2D eigenvalue weighted by molar-refractivity contribution is 6.31. The second-order valence-electron chi connectivity index (χ2n) is 10.5. The highest BCUT2D eigenvalue weighted by Gasteiger charge is 2.44. The molecule has 0 bridgehead atoms. The third-order valence-corrected chi connectivity index (χ3v) is 7.92. The van der Waals surface area contributed by atoms with Crippen LogP contribution in [-0.2, 0) is 6.54 Å². The van der Waals surface area contributed by atoms with Gasteiger partial charge >= 0.3 is 0 Å². The topological polar surface area (TPSA) is 23.2 Å². The first-order valence-electron chi connectivity index (χ1n) is 13.2. The zero-order valence-electron chi connectivity index (χ0n) is 21.9. The van der Waals surface area contributed by atoms with Gasteiger partial charge < -0.3 is 9.80 Å². The number of hydrogen-bond acceptors (Lipinski definition) is 3. The fourth-order valence-corrected chi connectivity index (χ4v) is 6.06. The molecule has 4 nitrogen and oxygen atoms in total. The van der Waals surface area contributed by atoms with Crippen molar-refractivity contribution < 1.29 is 4.57 Å². The summed E-state index contributed by atoms with van der Waals surface area (Å²) in [4.78, 5) is 10.1. The summed E-state index contributed by atoms with van der Waals surface area (Å²) in [5.41, 5.74) is 9.37. The predicted molar refractivity (Wildman–Crippen MR) is 161 cm³/mol. The quantitative estimate of drug-likeness (QED) is 0.170. The lowest BCUT2D eigenvalue weighted by Crippen LogP contribution is -2.50. The van der Waals surface area contributed by atoms with Crippen molar-refractivity contribution in [1.82, 2.24) is 4.98 Å². The minimum atomic E-state index is -0.322. The van der Waals surface area contributed by atoms with Crippen LogP contribution in [0.15, 0.2) is 121 Å². The van der Waals surface area contributed by atoms with Gasteiger partial charge in [-0.3, -0.25) is 0 Å². The number of halogens is 1. The lowest BCUT2D eigenvalue weighted by Gasteiger charge is -2.40. The molecule has 0 amide bonds. The van der Waals surface area contributed by atoms with Crippen molar-refractivity contribution in [2.75, 3.05) is 9.80 Å². The van der Waals surface area contributed by atoms with Crippen LogP contribution in [0.3, 0.4) is 0 Å². The summed E-state index contributed by atoms with van der Waals surface area (Å²) in [6.45, 7) is 5.38. The second kappa shape index (κ2) is 9.11. The first-order valence-corrected chi connectivity index (χ1v) is 13.6. The second-order valence-corrected chi connectivity index (χ2v) is 10.9. The number of benzene rings is 5.